The fraction of sp³-hybridized carbons (Fsp3) is 1.00. The fourth-order valence-electron chi connectivity index (χ4n) is 6.00. The molecule has 0 amide bonds. The number of hydrogen-bond acceptors (Lipinski definition) is 8. The van der Waals surface area contributed by atoms with Crippen molar-refractivity contribution in [2.75, 3.05) is 6.61 Å². The summed E-state index contributed by atoms with van der Waals surface area (Å²) in [5, 5.41) is 62.2. The average Bonchev–Trinajstić information content (AvgIpc) is 2.65. The largest absolute Gasteiger partial charge is 0.394 e. The van der Waals surface area contributed by atoms with E-state index in [1.54, 1.807) is 6.92 Å². The second kappa shape index (κ2) is 8.31. The van der Waals surface area contributed by atoms with Gasteiger partial charge >= 0.3 is 0 Å². The van der Waals surface area contributed by atoms with Gasteiger partial charge in [0.1, 0.15) is 24.4 Å². The first-order valence-electron chi connectivity index (χ1n) is 10.8. The Bertz CT molecular complexity index is 567. The van der Waals surface area contributed by atoms with Gasteiger partial charge in [-0.25, -0.2) is 0 Å². The number of aliphatic hydroxyl groups excluding tert-OH is 5. The van der Waals surface area contributed by atoms with E-state index in [1.165, 1.54) is 0 Å². The molecule has 2 aliphatic carbocycles. The number of aliphatic hydroxyl groups is 6. The van der Waals surface area contributed by atoms with Crippen LogP contribution in [0.3, 0.4) is 0 Å². The van der Waals surface area contributed by atoms with E-state index in [1.807, 2.05) is 6.92 Å². The fourth-order valence-corrected chi connectivity index (χ4v) is 6.00. The minimum Gasteiger partial charge on any atom is -0.394 e. The Kier molecular flexibility index (Phi) is 6.69. The summed E-state index contributed by atoms with van der Waals surface area (Å²) in [4.78, 5) is 0. The van der Waals surface area contributed by atoms with Crippen molar-refractivity contribution in [3.8, 4) is 0 Å². The number of hydrogen-bond donors (Lipinski definition) is 6. The maximum atomic E-state index is 11.3. The molecule has 3 fully saturated rings. The first-order valence-corrected chi connectivity index (χ1v) is 10.8. The van der Waals surface area contributed by atoms with E-state index in [-0.39, 0.29) is 11.8 Å². The quantitative estimate of drug-likeness (QED) is 0.368. The van der Waals surface area contributed by atoms with E-state index in [4.69, 9.17) is 9.47 Å². The lowest BCUT2D eigenvalue weighted by molar-refractivity contribution is -0.338. The van der Waals surface area contributed by atoms with Crippen LogP contribution in [-0.2, 0) is 9.47 Å². The third-order valence-electron chi connectivity index (χ3n) is 7.83. The van der Waals surface area contributed by atoms with Crippen LogP contribution in [0.15, 0.2) is 0 Å². The molecule has 6 N–H and O–H groups in total. The molecule has 1 aliphatic heterocycles. The van der Waals surface area contributed by atoms with Crippen molar-refractivity contribution in [1.82, 2.24) is 0 Å². The van der Waals surface area contributed by atoms with Crippen LogP contribution in [0.25, 0.3) is 0 Å². The Labute approximate surface area is 172 Å². The van der Waals surface area contributed by atoms with Crippen molar-refractivity contribution >= 4 is 0 Å². The highest BCUT2D eigenvalue weighted by molar-refractivity contribution is 5.09. The summed E-state index contributed by atoms with van der Waals surface area (Å²) in [6.45, 7) is 7.38. The highest BCUT2D eigenvalue weighted by Gasteiger charge is 2.61. The van der Waals surface area contributed by atoms with Gasteiger partial charge < -0.3 is 40.1 Å². The highest BCUT2D eigenvalue weighted by atomic mass is 16.7. The molecule has 11 atom stereocenters. The second-order valence-corrected chi connectivity index (χ2v) is 10.1. The van der Waals surface area contributed by atoms with E-state index < -0.39 is 66.5 Å². The van der Waals surface area contributed by atoms with Gasteiger partial charge in [0, 0.05) is 11.3 Å². The smallest absolute Gasteiger partial charge is 0.186 e. The Balaban J connectivity index is 1.94. The Hall–Kier alpha value is -0.320. The van der Waals surface area contributed by atoms with Gasteiger partial charge in [0.2, 0.25) is 0 Å². The lowest BCUT2D eigenvalue weighted by Gasteiger charge is -2.60. The lowest BCUT2D eigenvalue weighted by atomic mass is 9.50. The summed E-state index contributed by atoms with van der Waals surface area (Å²) in [7, 11) is 0. The van der Waals surface area contributed by atoms with Crippen LogP contribution in [0.2, 0.25) is 0 Å². The Morgan fingerprint density at radius 2 is 1.66 bits per heavy atom. The van der Waals surface area contributed by atoms with Gasteiger partial charge in [0.25, 0.3) is 0 Å². The van der Waals surface area contributed by atoms with Crippen molar-refractivity contribution in [2.45, 2.75) is 102 Å². The molecule has 8 heteroatoms. The summed E-state index contributed by atoms with van der Waals surface area (Å²) in [6, 6.07) is 0. The molecule has 0 unspecified atom stereocenters. The van der Waals surface area contributed by atoms with Gasteiger partial charge in [-0.15, -0.1) is 0 Å². The third-order valence-corrected chi connectivity index (χ3v) is 7.83. The van der Waals surface area contributed by atoms with Crippen LogP contribution < -0.4 is 0 Å². The molecule has 0 aromatic rings. The van der Waals surface area contributed by atoms with Crippen molar-refractivity contribution in [3.05, 3.63) is 0 Å². The first kappa shape index (κ1) is 23.3. The van der Waals surface area contributed by atoms with Gasteiger partial charge in [-0.05, 0) is 44.4 Å². The van der Waals surface area contributed by atoms with Crippen molar-refractivity contribution in [3.63, 3.8) is 0 Å². The molecule has 3 aliphatic rings. The molecule has 1 saturated heterocycles. The maximum Gasteiger partial charge on any atom is 0.186 e. The average molecular weight is 419 g/mol. The zero-order valence-corrected chi connectivity index (χ0v) is 17.8. The lowest BCUT2D eigenvalue weighted by Crippen LogP contribution is -2.66. The predicted molar refractivity (Wildman–Crippen MR) is 104 cm³/mol. The summed E-state index contributed by atoms with van der Waals surface area (Å²) < 4.78 is 11.9. The Morgan fingerprint density at radius 1 is 1.00 bits per heavy atom. The van der Waals surface area contributed by atoms with Crippen LogP contribution in [0.5, 0.6) is 0 Å². The normalized spacial score (nSPS) is 53.7. The first-order chi connectivity index (χ1) is 13.4. The number of rotatable bonds is 4. The molecule has 8 nitrogen and oxygen atoms in total. The predicted octanol–water partition coefficient (Wildman–Crippen LogP) is -0.234. The molecule has 1 heterocycles. The summed E-state index contributed by atoms with van der Waals surface area (Å²) in [6.07, 6.45) is -5.37. The molecule has 0 radical (unpaired) electrons. The standard InChI is InChI=1S/C21H38O8/c1-10(2)11-5-7-20(3)13(23)6-8-21(4,27)18(20)17(11)29-19-16(26)15(25)14(24)12(9-22)28-19/h10-19,22-27H,5-9H2,1-4H3/t11-,12-,13+,14-,15+,16-,17+,18-,19+,20-,21-/m1/s1. The van der Waals surface area contributed by atoms with Gasteiger partial charge in [0.15, 0.2) is 6.29 Å². The van der Waals surface area contributed by atoms with Crippen molar-refractivity contribution in [2.24, 2.45) is 23.2 Å². The molecule has 29 heavy (non-hydrogen) atoms. The minimum absolute atomic E-state index is 0.0530. The zero-order valence-electron chi connectivity index (χ0n) is 17.8. The molecule has 0 aromatic heterocycles. The SMILES string of the molecule is CC(C)[C@H]1CC[C@@]2(C)[C@@H]([C@H]1O[C@@H]1O[C@H](CO)[C@@H](O)[C@H](O)[C@H]1O)[C@](C)(O)CC[C@@H]2O. The van der Waals surface area contributed by atoms with E-state index >= 15 is 0 Å². The minimum atomic E-state index is -1.52. The molecular formula is C21H38O8. The molecule has 0 spiro atoms. The van der Waals surface area contributed by atoms with Gasteiger partial charge in [-0.3, -0.25) is 0 Å². The van der Waals surface area contributed by atoms with Crippen LogP contribution >= 0.6 is 0 Å². The van der Waals surface area contributed by atoms with Crippen LogP contribution in [-0.4, -0.2) is 85.8 Å². The van der Waals surface area contributed by atoms with Gasteiger partial charge in [0.05, 0.1) is 24.4 Å². The molecule has 3 rings (SSSR count). The second-order valence-electron chi connectivity index (χ2n) is 10.1. The summed E-state index contributed by atoms with van der Waals surface area (Å²) in [5.74, 6) is -0.117. The van der Waals surface area contributed by atoms with Gasteiger partial charge in [-0.1, -0.05) is 20.8 Å². The number of fused-ring (bicyclic) bond motifs is 1. The van der Waals surface area contributed by atoms with Crippen molar-refractivity contribution < 1.29 is 40.1 Å². The van der Waals surface area contributed by atoms with Crippen molar-refractivity contribution in [1.29, 1.82) is 0 Å². The summed E-state index contributed by atoms with van der Waals surface area (Å²) in [5.41, 5.74) is -1.62. The van der Waals surface area contributed by atoms with E-state index in [0.29, 0.717) is 12.8 Å². The monoisotopic (exact) mass is 418 g/mol. The zero-order chi connectivity index (χ0) is 21.7. The molecular weight excluding hydrogens is 380 g/mol. The Morgan fingerprint density at radius 3 is 2.24 bits per heavy atom. The molecule has 170 valence electrons. The van der Waals surface area contributed by atoms with E-state index in [2.05, 4.69) is 13.8 Å². The van der Waals surface area contributed by atoms with Crippen LogP contribution in [0.1, 0.15) is 53.4 Å². The summed E-state index contributed by atoms with van der Waals surface area (Å²) >= 11 is 0. The van der Waals surface area contributed by atoms with Crippen LogP contribution in [0.4, 0.5) is 0 Å². The molecule has 0 aromatic carbocycles. The third kappa shape index (κ3) is 3.99. The van der Waals surface area contributed by atoms with E-state index in [0.717, 1.165) is 12.8 Å². The van der Waals surface area contributed by atoms with E-state index in [9.17, 15) is 30.6 Å². The molecule has 0 bridgehead atoms. The van der Waals surface area contributed by atoms with Crippen LogP contribution in [0, 0.1) is 23.2 Å². The number of ether oxygens (including phenoxy) is 2. The highest BCUT2D eigenvalue weighted by Crippen LogP contribution is 2.57. The van der Waals surface area contributed by atoms with Gasteiger partial charge in [-0.2, -0.15) is 0 Å². The molecule has 2 saturated carbocycles. The maximum absolute atomic E-state index is 11.3. The topological polar surface area (TPSA) is 140 Å².